The van der Waals surface area contributed by atoms with Crippen molar-refractivity contribution in [3.8, 4) is 0 Å². The van der Waals surface area contributed by atoms with Crippen molar-refractivity contribution in [1.29, 1.82) is 0 Å². The lowest BCUT2D eigenvalue weighted by molar-refractivity contribution is -0.00869. The zero-order chi connectivity index (χ0) is 21.2. The van der Waals surface area contributed by atoms with E-state index in [4.69, 9.17) is 18.5 Å². The second-order valence-corrected chi connectivity index (χ2v) is 8.91. The molecule has 0 aliphatic rings. The van der Waals surface area contributed by atoms with Crippen LogP contribution in [-0.2, 0) is 23.1 Å². The lowest BCUT2D eigenvalue weighted by atomic mass is 10.1. The van der Waals surface area contributed by atoms with Crippen molar-refractivity contribution < 1.29 is 23.1 Å². The molecule has 0 N–H and O–H groups in total. The Morgan fingerprint density at radius 3 is 1.36 bits per heavy atom. The molecule has 28 heavy (non-hydrogen) atoms. The standard InChI is InChI=1S/C22H46O5P/c1-7-9-11-13-15-19(3)24-17-21(5)26-28(23)27-22(6)18-25-20(4)16-14-12-10-8-2/h19-22H,7-18H2,1-6H3/q+1. The van der Waals surface area contributed by atoms with Crippen LogP contribution in [0.2, 0.25) is 0 Å². The first-order valence-corrected chi connectivity index (χ1v) is 12.5. The third-order valence-electron chi connectivity index (χ3n) is 4.69. The highest BCUT2D eigenvalue weighted by molar-refractivity contribution is 7.33. The summed E-state index contributed by atoms with van der Waals surface area (Å²) in [4.78, 5) is 0. The van der Waals surface area contributed by atoms with Crippen molar-refractivity contribution in [1.82, 2.24) is 0 Å². The van der Waals surface area contributed by atoms with Gasteiger partial charge in [-0.05, 0) is 40.5 Å². The molecule has 168 valence electrons. The first-order valence-electron chi connectivity index (χ1n) is 11.4. The van der Waals surface area contributed by atoms with Gasteiger partial charge < -0.3 is 9.47 Å². The summed E-state index contributed by atoms with van der Waals surface area (Å²) in [6.07, 6.45) is 11.9. The SMILES string of the molecule is CCCCCCC(C)OCC(C)O[P+](=O)OC(C)COC(C)CCCCCC. The number of hydrogen-bond acceptors (Lipinski definition) is 5. The van der Waals surface area contributed by atoms with E-state index in [0.29, 0.717) is 13.2 Å². The Labute approximate surface area is 175 Å². The van der Waals surface area contributed by atoms with E-state index in [1.807, 2.05) is 13.8 Å². The largest absolute Gasteiger partial charge is 0.698 e. The predicted octanol–water partition coefficient (Wildman–Crippen LogP) is 7.21. The number of ether oxygens (including phenoxy) is 2. The Bertz CT molecular complexity index is 335. The molecule has 0 heterocycles. The summed E-state index contributed by atoms with van der Waals surface area (Å²) in [6, 6.07) is 0. The molecule has 4 atom stereocenters. The normalized spacial score (nSPS) is 16.6. The summed E-state index contributed by atoms with van der Waals surface area (Å²) in [6.45, 7) is 13.2. The van der Waals surface area contributed by atoms with Gasteiger partial charge in [-0.2, -0.15) is 0 Å². The van der Waals surface area contributed by atoms with Crippen LogP contribution < -0.4 is 0 Å². The van der Waals surface area contributed by atoms with E-state index >= 15 is 0 Å². The van der Waals surface area contributed by atoms with Crippen LogP contribution in [0.4, 0.5) is 0 Å². The van der Waals surface area contributed by atoms with Crippen LogP contribution in [0.3, 0.4) is 0 Å². The van der Waals surface area contributed by atoms with E-state index in [0.717, 1.165) is 12.8 Å². The maximum atomic E-state index is 12.0. The Balaban J connectivity index is 3.78. The molecule has 0 spiro atoms. The smallest absolute Gasteiger partial charge is 0.376 e. The third-order valence-corrected chi connectivity index (χ3v) is 5.76. The van der Waals surface area contributed by atoms with Crippen LogP contribution in [0.25, 0.3) is 0 Å². The van der Waals surface area contributed by atoms with Crippen molar-refractivity contribution in [3.63, 3.8) is 0 Å². The van der Waals surface area contributed by atoms with E-state index in [1.165, 1.54) is 51.4 Å². The molecule has 0 saturated heterocycles. The summed E-state index contributed by atoms with van der Waals surface area (Å²) < 4.78 is 34.5. The molecule has 4 unspecified atom stereocenters. The molecule has 0 aliphatic carbocycles. The molecule has 0 aliphatic heterocycles. The van der Waals surface area contributed by atoms with Gasteiger partial charge in [0.2, 0.25) is 0 Å². The van der Waals surface area contributed by atoms with Gasteiger partial charge in [-0.25, -0.2) is 0 Å². The zero-order valence-electron chi connectivity index (χ0n) is 19.3. The predicted molar refractivity (Wildman–Crippen MR) is 117 cm³/mol. The monoisotopic (exact) mass is 421 g/mol. The molecule has 5 nitrogen and oxygen atoms in total. The van der Waals surface area contributed by atoms with Crippen molar-refractivity contribution >= 4 is 8.25 Å². The second-order valence-electron chi connectivity index (χ2n) is 8.04. The van der Waals surface area contributed by atoms with Crippen LogP contribution >= 0.6 is 8.25 Å². The number of hydrogen-bond donors (Lipinski definition) is 0. The zero-order valence-corrected chi connectivity index (χ0v) is 20.2. The Morgan fingerprint density at radius 2 is 1.00 bits per heavy atom. The summed E-state index contributed by atoms with van der Waals surface area (Å²) in [5, 5.41) is 0. The minimum Gasteiger partial charge on any atom is -0.376 e. The van der Waals surface area contributed by atoms with Crippen LogP contribution in [0.5, 0.6) is 0 Å². The summed E-state index contributed by atoms with van der Waals surface area (Å²) in [5.41, 5.74) is 0. The van der Waals surface area contributed by atoms with Gasteiger partial charge in [0.1, 0.15) is 12.2 Å². The highest BCUT2D eigenvalue weighted by Crippen LogP contribution is 2.28. The molecule has 0 saturated carbocycles. The fourth-order valence-electron chi connectivity index (χ4n) is 2.86. The molecule has 0 rings (SSSR count). The Hall–Kier alpha value is -0.0600. The summed E-state index contributed by atoms with van der Waals surface area (Å²) >= 11 is 0. The quantitative estimate of drug-likeness (QED) is 0.154. The van der Waals surface area contributed by atoms with Gasteiger partial charge in [-0.1, -0.05) is 65.2 Å². The Morgan fingerprint density at radius 1 is 0.607 bits per heavy atom. The summed E-state index contributed by atoms with van der Waals surface area (Å²) in [7, 11) is -2.16. The first kappa shape index (κ1) is 27.9. The van der Waals surface area contributed by atoms with Crippen LogP contribution in [0, 0.1) is 0 Å². The van der Waals surface area contributed by atoms with E-state index in [9.17, 15) is 4.57 Å². The molecule has 0 aromatic rings. The van der Waals surface area contributed by atoms with Gasteiger partial charge in [-0.3, -0.25) is 0 Å². The molecule has 6 heteroatoms. The molecule has 0 aromatic heterocycles. The van der Waals surface area contributed by atoms with Gasteiger partial charge in [0.25, 0.3) is 0 Å². The van der Waals surface area contributed by atoms with E-state index in [2.05, 4.69) is 27.7 Å². The molecular formula is C22H46O5P+. The second kappa shape index (κ2) is 18.9. The van der Waals surface area contributed by atoms with Crippen molar-refractivity contribution in [2.24, 2.45) is 0 Å². The van der Waals surface area contributed by atoms with Crippen LogP contribution in [-0.4, -0.2) is 37.6 Å². The fraction of sp³-hybridized carbons (Fsp3) is 1.00. The third kappa shape index (κ3) is 18.0. The minimum atomic E-state index is -2.16. The van der Waals surface area contributed by atoms with Crippen LogP contribution in [0.1, 0.15) is 106 Å². The molecule has 0 aromatic carbocycles. The van der Waals surface area contributed by atoms with Gasteiger partial charge in [-0.15, -0.1) is 9.05 Å². The van der Waals surface area contributed by atoms with Gasteiger partial charge in [0.05, 0.1) is 25.4 Å². The Kier molecular flexibility index (Phi) is 18.9. The molecular weight excluding hydrogens is 375 g/mol. The van der Waals surface area contributed by atoms with E-state index in [1.54, 1.807) is 0 Å². The number of rotatable bonds is 20. The highest BCUT2D eigenvalue weighted by Gasteiger charge is 2.28. The average Bonchev–Trinajstić information content (AvgIpc) is 2.65. The average molecular weight is 422 g/mol. The maximum absolute atomic E-state index is 12.0. The maximum Gasteiger partial charge on any atom is 0.698 e. The topological polar surface area (TPSA) is 54.0 Å². The van der Waals surface area contributed by atoms with Gasteiger partial charge in [0, 0.05) is 4.57 Å². The number of unbranched alkanes of at least 4 members (excludes halogenated alkanes) is 6. The lowest BCUT2D eigenvalue weighted by Gasteiger charge is -2.15. The first-order chi connectivity index (χ1) is 13.4. The van der Waals surface area contributed by atoms with Gasteiger partial charge >= 0.3 is 8.25 Å². The lowest BCUT2D eigenvalue weighted by Crippen LogP contribution is -2.21. The van der Waals surface area contributed by atoms with Crippen molar-refractivity contribution in [2.75, 3.05) is 13.2 Å². The summed E-state index contributed by atoms with van der Waals surface area (Å²) in [5.74, 6) is 0. The van der Waals surface area contributed by atoms with Crippen LogP contribution in [0.15, 0.2) is 0 Å². The van der Waals surface area contributed by atoms with Crippen molar-refractivity contribution in [2.45, 2.75) is 130 Å². The molecule has 0 bridgehead atoms. The minimum absolute atomic E-state index is 0.202. The van der Waals surface area contributed by atoms with Crippen molar-refractivity contribution in [3.05, 3.63) is 0 Å². The van der Waals surface area contributed by atoms with Gasteiger partial charge in [0.15, 0.2) is 0 Å². The fourth-order valence-corrected chi connectivity index (χ4v) is 3.62. The highest BCUT2D eigenvalue weighted by atomic mass is 31.1. The van der Waals surface area contributed by atoms with E-state index < -0.39 is 8.25 Å². The van der Waals surface area contributed by atoms with E-state index in [-0.39, 0.29) is 24.4 Å². The molecule has 0 radical (unpaired) electrons. The molecule has 0 amide bonds. The molecule has 0 fully saturated rings.